The molecule has 1 saturated heterocycles. The molecule has 1 amide bonds. The fourth-order valence-electron chi connectivity index (χ4n) is 3.49. The van der Waals surface area contributed by atoms with Crippen LogP contribution in [0.1, 0.15) is 35.7 Å². The number of carbonyl (C=O) groups is 3. The molecule has 0 aromatic heterocycles. The van der Waals surface area contributed by atoms with Crippen molar-refractivity contribution in [2.45, 2.75) is 25.9 Å². The molecule has 31 heavy (non-hydrogen) atoms. The van der Waals surface area contributed by atoms with E-state index in [2.05, 4.69) is 0 Å². The van der Waals surface area contributed by atoms with E-state index in [4.69, 9.17) is 9.47 Å². The van der Waals surface area contributed by atoms with Crippen LogP contribution in [-0.2, 0) is 14.3 Å². The van der Waals surface area contributed by atoms with Crippen molar-refractivity contribution in [2.75, 3.05) is 20.2 Å². The summed E-state index contributed by atoms with van der Waals surface area (Å²) in [7, 11) is 1.56. The number of hydrogen-bond donors (Lipinski definition) is 0. The van der Waals surface area contributed by atoms with E-state index in [0.29, 0.717) is 37.2 Å². The highest BCUT2D eigenvalue weighted by molar-refractivity contribution is 6.00. The van der Waals surface area contributed by atoms with Gasteiger partial charge in [0.05, 0.1) is 13.0 Å². The first-order chi connectivity index (χ1) is 15.0. The highest BCUT2D eigenvalue weighted by Crippen LogP contribution is 2.21. The van der Waals surface area contributed by atoms with Crippen LogP contribution < -0.4 is 4.74 Å². The zero-order chi connectivity index (χ0) is 22.2. The van der Waals surface area contributed by atoms with E-state index in [1.165, 1.54) is 0 Å². The Morgan fingerprint density at radius 3 is 2.26 bits per heavy atom. The summed E-state index contributed by atoms with van der Waals surface area (Å²) in [4.78, 5) is 39.2. The highest BCUT2D eigenvalue weighted by atomic mass is 16.5. The quantitative estimate of drug-likeness (QED) is 0.387. The maximum Gasteiger partial charge on any atom is 0.309 e. The summed E-state index contributed by atoms with van der Waals surface area (Å²) in [5.41, 5.74) is 1.43. The number of hydrogen-bond acceptors (Lipinski definition) is 5. The number of likely N-dealkylation sites (tertiary alicyclic amines) is 1. The Morgan fingerprint density at radius 2 is 1.65 bits per heavy atom. The molecule has 0 bridgehead atoms. The molecule has 3 rings (SSSR count). The Balaban J connectivity index is 1.47. The van der Waals surface area contributed by atoms with E-state index >= 15 is 0 Å². The van der Waals surface area contributed by atoms with Gasteiger partial charge in [0.2, 0.25) is 11.7 Å². The summed E-state index contributed by atoms with van der Waals surface area (Å²) in [6.07, 6.45) is 3.52. The molecule has 0 aliphatic carbocycles. The van der Waals surface area contributed by atoms with Crippen LogP contribution in [0, 0.1) is 5.92 Å². The largest absolute Gasteiger partial charge is 0.497 e. The first kappa shape index (κ1) is 22.3. The van der Waals surface area contributed by atoms with Gasteiger partial charge in [-0.15, -0.1) is 0 Å². The molecule has 2 aromatic carbocycles. The van der Waals surface area contributed by atoms with Crippen molar-refractivity contribution in [1.82, 2.24) is 4.90 Å². The molecule has 6 heteroatoms. The lowest BCUT2D eigenvalue weighted by molar-refractivity contribution is -0.153. The van der Waals surface area contributed by atoms with Crippen molar-refractivity contribution in [2.24, 2.45) is 5.92 Å². The first-order valence-electron chi connectivity index (χ1n) is 10.4. The van der Waals surface area contributed by atoms with Crippen molar-refractivity contribution < 1.29 is 23.9 Å². The Bertz CT molecular complexity index is 928. The predicted octanol–water partition coefficient (Wildman–Crippen LogP) is 3.76. The standard InChI is InChI=1S/C25H27NO5/c1-18(24(28)20-9-11-22(30-2)12-10-20)31-25(29)21-14-16-26(17-15-21)23(27)13-8-19-6-4-3-5-7-19/h3-13,18,21H,14-17H2,1-2H3/b13-8+/t18-/m0/s1. The number of rotatable bonds is 7. The van der Waals surface area contributed by atoms with E-state index in [0.717, 1.165) is 5.56 Å². The summed E-state index contributed by atoms with van der Waals surface area (Å²) >= 11 is 0. The Labute approximate surface area is 182 Å². The molecule has 1 heterocycles. The normalized spacial score (nSPS) is 15.5. The summed E-state index contributed by atoms with van der Waals surface area (Å²) < 4.78 is 10.5. The lowest BCUT2D eigenvalue weighted by atomic mass is 9.96. The third kappa shape index (κ3) is 6.04. The van der Waals surface area contributed by atoms with Crippen molar-refractivity contribution in [3.8, 4) is 5.75 Å². The lowest BCUT2D eigenvalue weighted by Crippen LogP contribution is -2.40. The second-order valence-electron chi connectivity index (χ2n) is 7.52. The number of benzene rings is 2. The highest BCUT2D eigenvalue weighted by Gasteiger charge is 2.30. The molecule has 1 atom stereocenters. The van der Waals surface area contributed by atoms with Crippen LogP contribution in [0.25, 0.3) is 6.08 Å². The molecular weight excluding hydrogens is 394 g/mol. The second-order valence-corrected chi connectivity index (χ2v) is 7.52. The van der Waals surface area contributed by atoms with Crippen LogP contribution >= 0.6 is 0 Å². The van der Waals surface area contributed by atoms with Gasteiger partial charge in [0, 0.05) is 24.7 Å². The minimum atomic E-state index is -0.866. The van der Waals surface area contributed by atoms with Gasteiger partial charge in [-0.3, -0.25) is 14.4 Å². The van der Waals surface area contributed by atoms with Crippen molar-refractivity contribution >= 4 is 23.7 Å². The zero-order valence-electron chi connectivity index (χ0n) is 17.8. The SMILES string of the molecule is COc1ccc(C(=O)[C@H](C)OC(=O)C2CCN(C(=O)/C=C/c3ccccc3)CC2)cc1. The summed E-state index contributed by atoms with van der Waals surface area (Å²) in [6.45, 7) is 2.55. The van der Waals surface area contributed by atoms with Gasteiger partial charge >= 0.3 is 5.97 Å². The maximum absolute atomic E-state index is 12.5. The topological polar surface area (TPSA) is 72.9 Å². The molecule has 1 fully saturated rings. The molecule has 0 saturated carbocycles. The smallest absolute Gasteiger partial charge is 0.309 e. The monoisotopic (exact) mass is 421 g/mol. The number of nitrogens with zero attached hydrogens (tertiary/aromatic N) is 1. The number of carbonyl (C=O) groups excluding carboxylic acids is 3. The van der Waals surface area contributed by atoms with Crippen molar-refractivity contribution in [3.05, 3.63) is 71.8 Å². The number of methoxy groups -OCH3 is 1. The average Bonchev–Trinajstić information content (AvgIpc) is 2.82. The van der Waals surface area contributed by atoms with Crippen LogP contribution in [0.15, 0.2) is 60.7 Å². The molecule has 0 unspecified atom stereocenters. The average molecular weight is 421 g/mol. The third-order valence-corrected chi connectivity index (χ3v) is 5.39. The van der Waals surface area contributed by atoms with Gasteiger partial charge in [-0.25, -0.2) is 0 Å². The van der Waals surface area contributed by atoms with Crippen LogP contribution in [0.4, 0.5) is 0 Å². The Kier molecular flexibility index (Phi) is 7.60. The van der Waals surface area contributed by atoms with Gasteiger partial charge in [0.15, 0.2) is 6.10 Å². The number of piperidine rings is 1. The molecule has 0 spiro atoms. The van der Waals surface area contributed by atoms with Crippen LogP contribution in [0.5, 0.6) is 5.75 Å². The minimum absolute atomic E-state index is 0.0706. The predicted molar refractivity (Wildman–Crippen MR) is 118 cm³/mol. The summed E-state index contributed by atoms with van der Waals surface area (Å²) in [5.74, 6) is -0.371. The summed E-state index contributed by atoms with van der Waals surface area (Å²) in [6, 6.07) is 16.3. The maximum atomic E-state index is 12.5. The van der Waals surface area contributed by atoms with E-state index < -0.39 is 6.10 Å². The van der Waals surface area contributed by atoms with Crippen molar-refractivity contribution in [1.29, 1.82) is 0 Å². The first-order valence-corrected chi connectivity index (χ1v) is 10.4. The zero-order valence-corrected chi connectivity index (χ0v) is 17.8. The van der Waals surface area contributed by atoms with Gasteiger partial charge in [-0.1, -0.05) is 30.3 Å². The Hall–Kier alpha value is -3.41. The number of ketones is 1. The van der Waals surface area contributed by atoms with E-state index in [1.807, 2.05) is 30.3 Å². The van der Waals surface area contributed by atoms with E-state index in [1.54, 1.807) is 55.4 Å². The van der Waals surface area contributed by atoms with Gasteiger partial charge in [-0.2, -0.15) is 0 Å². The summed E-state index contributed by atoms with van der Waals surface area (Å²) in [5, 5.41) is 0. The van der Waals surface area contributed by atoms with Crippen LogP contribution in [0.3, 0.4) is 0 Å². The van der Waals surface area contributed by atoms with Gasteiger partial charge in [-0.05, 0) is 55.7 Å². The molecule has 2 aromatic rings. The number of ether oxygens (including phenoxy) is 2. The molecule has 1 aliphatic rings. The number of esters is 1. The third-order valence-electron chi connectivity index (χ3n) is 5.39. The molecule has 0 N–H and O–H groups in total. The van der Waals surface area contributed by atoms with Crippen LogP contribution in [-0.4, -0.2) is 48.9 Å². The van der Waals surface area contributed by atoms with Gasteiger partial charge < -0.3 is 14.4 Å². The molecule has 6 nitrogen and oxygen atoms in total. The number of Topliss-reactive ketones (excluding diaryl/α,β-unsaturated/α-hetero) is 1. The Morgan fingerprint density at radius 1 is 1.00 bits per heavy atom. The van der Waals surface area contributed by atoms with Crippen LogP contribution in [0.2, 0.25) is 0 Å². The van der Waals surface area contributed by atoms with Gasteiger partial charge in [0.1, 0.15) is 5.75 Å². The fraction of sp³-hybridized carbons (Fsp3) is 0.320. The van der Waals surface area contributed by atoms with E-state index in [9.17, 15) is 14.4 Å². The number of amides is 1. The fourth-order valence-corrected chi connectivity index (χ4v) is 3.49. The lowest BCUT2D eigenvalue weighted by Gasteiger charge is -2.30. The second kappa shape index (κ2) is 10.6. The molecular formula is C25H27NO5. The molecule has 1 aliphatic heterocycles. The van der Waals surface area contributed by atoms with Gasteiger partial charge in [0.25, 0.3) is 0 Å². The molecule has 162 valence electrons. The van der Waals surface area contributed by atoms with Crippen molar-refractivity contribution in [3.63, 3.8) is 0 Å². The molecule has 0 radical (unpaired) electrons. The van der Waals surface area contributed by atoms with E-state index in [-0.39, 0.29) is 23.6 Å². The minimum Gasteiger partial charge on any atom is -0.497 e.